The fraction of sp³-hybridized carbons (Fsp3) is 0.417. The molecule has 6 heteroatoms. The summed E-state index contributed by atoms with van der Waals surface area (Å²) in [6.45, 7) is 4.26. The smallest absolute Gasteiger partial charge is 0.126 e. The number of nitrogens with one attached hydrogen (secondary N) is 1. The summed E-state index contributed by atoms with van der Waals surface area (Å²) in [5, 5.41) is 23.4. The maximum Gasteiger partial charge on any atom is 0.126 e. The summed E-state index contributed by atoms with van der Waals surface area (Å²) in [7, 11) is 0. The van der Waals surface area contributed by atoms with Gasteiger partial charge in [-0.05, 0) is 44.0 Å². The topological polar surface area (TPSA) is 68.7 Å². The Hall–Kier alpha value is -2.05. The summed E-state index contributed by atoms with van der Waals surface area (Å²) in [6, 6.07) is 13.6. The maximum atomic E-state index is 11.0. The van der Waals surface area contributed by atoms with Gasteiger partial charge >= 0.3 is 0 Å². The Morgan fingerprint density at radius 3 is 2.80 bits per heavy atom. The Balaban J connectivity index is 1.27. The van der Waals surface area contributed by atoms with E-state index in [4.69, 9.17) is 16.3 Å². The van der Waals surface area contributed by atoms with Crippen molar-refractivity contribution in [2.45, 2.75) is 44.0 Å². The molecule has 2 aliphatic heterocycles. The Kier molecular flexibility index (Phi) is 5.02. The van der Waals surface area contributed by atoms with Crippen LogP contribution in [-0.4, -0.2) is 45.3 Å². The van der Waals surface area contributed by atoms with Gasteiger partial charge < -0.3 is 24.8 Å². The molecule has 3 N–H and O–H groups in total. The Morgan fingerprint density at radius 2 is 2.00 bits per heavy atom. The minimum atomic E-state index is -0.557. The third kappa shape index (κ3) is 3.50. The van der Waals surface area contributed by atoms with Gasteiger partial charge in [-0.15, -0.1) is 0 Å². The maximum absolute atomic E-state index is 11.0. The van der Waals surface area contributed by atoms with E-state index in [0.717, 1.165) is 59.4 Å². The van der Waals surface area contributed by atoms with Crippen LogP contribution in [0.5, 0.6) is 5.75 Å². The van der Waals surface area contributed by atoms with Crippen LogP contribution in [0.25, 0.3) is 10.9 Å². The van der Waals surface area contributed by atoms with Gasteiger partial charge in [0, 0.05) is 58.8 Å². The zero-order chi connectivity index (χ0) is 20.9. The van der Waals surface area contributed by atoms with Gasteiger partial charge in [0.05, 0.1) is 12.2 Å². The van der Waals surface area contributed by atoms with E-state index < -0.39 is 12.2 Å². The van der Waals surface area contributed by atoms with Crippen molar-refractivity contribution in [2.24, 2.45) is 0 Å². The number of aryl methyl sites for hydroxylation is 1. The Bertz CT molecular complexity index is 1070. The van der Waals surface area contributed by atoms with Crippen molar-refractivity contribution in [3.8, 4) is 5.75 Å². The number of β-amino-alcohol motifs (C(OH)–C–C–N with tert-alkyl or cyclic N) is 1. The molecule has 0 amide bonds. The first kappa shape index (κ1) is 19.9. The second-order valence-corrected chi connectivity index (χ2v) is 9.15. The third-order valence-corrected chi connectivity index (χ3v) is 6.93. The van der Waals surface area contributed by atoms with Gasteiger partial charge in [0.25, 0.3) is 0 Å². The summed E-state index contributed by atoms with van der Waals surface area (Å²) >= 11 is 6.08. The third-order valence-electron chi connectivity index (χ3n) is 6.70. The highest BCUT2D eigenvalue weighted by molar-refractivity contribution is 6.30. The fourth-order valence-corrected chi connectivity index (χ4v) is 5.30. The normalized spacial score (nSPS) is 22.1. The van der Waals surface area contributed by atoms with Crippen molar-refractivity contribution in [3.63, 3.8) is 0 Å². The number of halogens is 1. The number of piperidine rings is 1. The van der Waals surface area contributed by atoms with Crippen molar-refractivity contribution >= 4 is 22.5 Å². The molecule has 1 aromatic heterocycles. The average Bonchev–Trinajstić information content (AvgIpc) is 3.06. The number of aliphatic hydroxyl groups excluding tert-OH is 2. The number of aliphatic hydroxyl groups is 2. The van der Waals surface area contributed by atoms with E-state index in [-0.39, 0.29) is 5.60 Å². The minimum Gasteiger partial charge on any atom is -0.487 e. The van der Waals surface area contributed by atoms with E-state index in [1.807, 2.05) is 31.2 Å². The number of likely N-dealkylation sites (tertiary alicyclic amines) is 1. The van der Waals surface area contributed by atoms with Gasteiger partial charge in [-0.3, -0.25) is 0 Å². The van der Waals surface area contributed by atoms with Crippen LogP contribution in [0.1, 0.15) is 48.3 Å². The standard InChI is InChI=1S/C24H27ClN2O3/c1-15-23(17-4-2-3-5-19(17)26-15)21(29)14-27-10-8-24(9-11-27)13-20(28)18-12-16(25)6-7-22(18)30-24/h2-7,12,20-21,26,28-29H,8-11,13-14H2,1H3/t20-,21-/m0/s1. The van der Waals surface area contributed by atoms with E-state index in [0.29, 0.717) is 18.0 Å². The number of H-pyrrole nitrogens is 1. The number of aromatic amines is 1. The van der Waals surface area contributed by atoms with Crippen molar-refractivity contribution in [1.82, 2.24) is 9.88 Å². The molecule has 0 radical (unpaired) electrons. The van der Waals surface area contributed by atoms with Crippen LogP contribution < -0.4 is 4.74 Å². The van der Waals surface area contributed by atoms with Crippen LogP contribution in [0.4, 0.5) is 0 Å². The lowest BCUT2D eigenvalue weighted by Gasteiger charge is -2.46. The molecule has 30 heavy (non-hydrogen) atoms. The SMILES string of the molecule is Cc1[nH]c2ccccc2c1[C@@H](O)CN1CCC2(CC1)C[C@H](O)c1cc(Cl)ccc1O2. The molecule has 1 fully saturated rings. The molecule has 2 atom stereocenters. The van der Waals surface area contributed by atoms with Crippen LogP contribution in [-0.2, 0) is 0 Å². The molecule has 5 nitrogen and oxygen atoms in total. The number of fused-ring (bicyclic) bond motifs is 2. The molecular weight excluding hydrogens is 400 g/mol. The molecule has 5 rings (SSSR count). The number of hydrogen-bond donors (Lipinski definition) is 3. The number of aromatic nitrogens is 1. The lowest BCUT2D eigenvalue weighted by molar-refractivity contribution is -0.0587. The van der Waals surface area contributed by atoms with Crippen LogP contribution in [0, 0.1) is 6.92 Å². The summed E-state index contributed by atoms with van der Waals surface area (Å²) < 4.78 is 6.38. The van der Waals surface area contributed by atoms with Crippen LogP contribution in [0.2, 0.25) is 5.02 Å². The molecule has 0 aliphatic carbocycles. The molecule has 3 heterocycles. The Labute approximate surface area is 181 Å². The zero-order valence-electron chi connectivity index (χ0n) is 17.1. The fourth-order valence-electron chi connectivity index (χ4n) is 5.12. The van der Waals surface area contributed by atoms with Gasteiger partial charge in [-0.1, -0.05) is 29.8 Å². The van der Waals surface area contributed by atoms with E-state index in [1.165, 1.54) is 0 Å². The van der Waals surface area contributed by atoms with Crippen molar-refractivity contribution in [2.75, 3.05) is 19.6 Å². The summed E-state index contributed by atoms with van der Waals surface area (Å²) in [4.78, 5) is 5.67. The molecular formula is C24H27ClN2O3. The predicted octanol–water partition coefficient (Wildman–Crippen LogP) is 4.51. The van der Waals surface area contributed by atoms with Gasteiger partial charge in [-0.25, -0.2) is 0 Å². The van der Waals surface area contributed by atoms with Gasteiger partial charge in [0.1, 0.15) is 11.4 Å². The van der Waals surface area contributed by atoms with E-state index in [2.05, 4.69) is 16.0 Å². The number of nitrogens with zero attached hydrogens (tertiary/aromatic N) is 1. The molecule has 158 valence electrons. The van der Waals surface area contributed by atoms with Gasteiger partial charge in [-0.2, -0.15) is 0 Å². The number of benzene rings is 2. The molecule has 0 unspecified atom stereocenters. The first-order chi connectivity index (χ1) is 14.4. The summed E-state index contributed by atoms with van der Waals surface area (Å²) in [6.07, 6.45) is 1.13. The van der Waals surface area contributed by atoms with Gasteiger partial charge in [0.2, 0.25) is 0 Å². The Morgan fingerprint density at radius 1 is 1.23 bits per heavy atom. The molecule has 3 aromatic rings. The summed E-state index contributed by atoms with van der Waals surface area (Å²) in [5.74, 6) is 0.737. The number of para-hydroxylation sites is 1. The van der Waals surface area contributed by atoms with Crippen molar-refractivity contribution < 1.29 is 14.9 Å². The predicted molar refractivity (Wildman–Crippen MR) is 118 cm³/mol. The van der Waals surface area contributed by atoms with E-state index in [1.54, 1.807) is 12.1 Å². The monoisotopic (exact) mass is 426 g/mol. The molecule has 1 saturated heterocycles. The lowest BCUT2D eigenvalue weighted by Crippen LogP contribution is -2.51. The second kappa shape index (κ2) is 7.57. The van der Waals surface area contributed by atoms with E-state index >= 15 is 0 Å². The van der Waals surface area contributed by atoms with Crippen LogP contribution in [0.3, 0.4) is 0 Å². The number of hydrogen-bond acceptors (Lipinski definition) is 4. The highest BCUT2D eigenvalue weighted by Crippen LogP contribution is 2.45. The minimum absolute atomic E-state index is 0.349. The second-order valence-electron chi connectivity index (χ2n) is 8.71. The number of ether oxygens (including phenoxy) is 1. The van der Waals surface area contributed by atoms with Crippen molar-refractivity contribution in [1.29, 1.82) is 0 Å². The average molecular weight is 427 g/mol. The molecule has 2 aliphatic rings. The summed E-state index contributed by atoms with van der Waals surface area (Å²) in [5.41, 5.74) is 3.50. The zero-order valence-corrected chi connectivity index (χ0v) is 17.8. The van der Waals surface area contributed by atoms with Crippen molar-refractivity contribution in [3.05, 3.63) is 64.3 Å². The lowest BCUT2D eigenvalue weighted by atomic mass is 9.81. The quantitative estimate of drug-likeness (QED) is 0.576. The first-order valence-electron chi connectivity index (χ1n) is 10.6. The highest BCUT2D eigenvalue weighted by Gasteiger charge is 2.43. The van der Waals surface area contributed by atoms with Crippen LogP contribution >= 0.6 is 11.6 Å². The largest absolute Gasteiger partial charge is 0.487 e. The van der Waals surface area contributed by atoms with Gasteiger partial charge in [0.15, 0.2) is 0 Å². The molecule has 2 aromatic carbocycles. The van der Waals surface area contributed by atoms with Crippen LogP contribution in [0.15, 0.2) is 42.5 Å². The molecule has 1 spiro atoms. The highest BCUT2D eigenvalue weighted by atomic mass is 35.5. The molecule has 0 saturated carbocycles. The number of rotatable bonds is 3. The first-order valence-corrected chi connectivity index (χ1v) is 11.0. The molecule has 0 bridgehead atoms. The van der Waals surface area contributed by atoms with E-state index in [9.17, 15) is 10.2 Å².